The Morgan fingerprint density at radius 2 is 2.10 bits per heavy atom. The van der Waals surface area contributed by atoms with Crippen molar-refractivity contribution in [3.63, 3.8) is 0 Å². The normalized spacial score (nSPS) is 10.2. The Kier molecular flexibility index (Phi) is 5.16. The molecule has 0 unspecified atom stereocenters. The molecule has 5 nitrogen and oxygen atoms in total. The third-order valence-electron chi connectivity index (χ3n) is 2.92. The molecule has 2 rings (SSSR count). The minimum atomic E-state index is -0.0937. The number of nitrogens with two attached hydrogens (primary N) is 1. The van der Waals surface area contributed by atoms with Crippen LogP contribution >= 0.6 is 15.9 Å². The molecule has 1 aromatic carbocycles. The van der Waals surface area contributed by atoms with Gasteiger partial charge in [-0.2, -0.15) is 0 Å². The Balaban J connectivity index is 1.89. The maximum absolute atomic E-state index is 11.9. The number of nitrogen functional groups attached to an aromatic ring is 1. The lowest BCUT2D eigenvalue weighted by Crippen LogP contribution is -2.14. The zero-order chi connectivity index (χ0) is 15.2. The number of hydrogen-bond donors (Lipinski definition) is 2. The number of anilines is 2. The van der Waals surface area contributed by atoms with Crippen LogP contribution in [0.4, 0.5) is 11.5 Å². The highest BCUT2D eigenvalue weighted by Gasteiger charge is 2.07. The minimum Gasteiger partial charge on any atom is -0.497 e. The summed E-state index contributed by atoms with van der Waals surface area (Å²) in [5.41, 5.74) is 7.22. The van der Waals surface area contributed by atoms with Gasteiger partial charge in [0.25, 0.3) is 0 Å². The third-order valence-corrected chi connectivity index (χ3v) is 3.52. The van der Waals surface area contributed by atoms with Crippen LogP contribution in [0.25, 0.3) is 0 Å². The molecule has 0 aliphatic heterocycles. The molecule has 0 saturated heterocycles. The highest BCUT2D eigenvalue weighted by atomic mass is 79.9. The predicted octanol–water partition coefficient (Wildman–Crippen LogP) is 3.01. The standard InChI is InChI=1S/C15H16BrN3O2/c1-21-12-5-2-10(3-6-12)4-7-14(20)19-15-13(16)8-11(17)9-18-15/h2-3,5-6,8-9H,4,7,17H2,1H3,(H,18,19,20). The van der Waals surface area contributed by atoms with E-state index in [-0.39, 0.29) is 5.91 Å². The number of rotatable bonds is 5. The van der Waals surface area contributed by atoms with Gasteiger partial charge in [0.1, 0.15) is 11.6 Å². The lowest BCUT2D eigenvalue weighted by atomic mass is 10.1. The van der Waals surface area contributed by atoms with Gasteiger partial charge in [-0.1, -0.05) is 12.1 Å². The molecule has 0 fully saturated rings. The maximum Gasteiger partial charge on any atom is 0.225 e. The van der Waals surface area contributed by atoms with Crippen LogP contribution in [0.1, 0.15) is 12.0 Å². The average molecular weight is 350 g/mol. The van der Waals surface area contributed by atoms with Crippen LogP contribution in [0.3, 0.4) is 0 Å². The van der Waals surface area contributed by atoms with Crippen molar-refractivity contribution in [2.45, 2.75) is 12.8 Å². The van der Waals surface area contributed by atoms with E-state index in [9.17, 15) is 4.79 Å². The number of hydrogen-bond acceptors (Lipinski definition) is 4. The van der Waals surface area contributed by atoms with Gasteiger partial charge in [0.05, 0.1) is 23.5 Å². The molecule has 110 valence electrons. The Bertz CT molecular complexity index is 629. The van der Waals surface area contributed by atoms with Gasteiger partial charge in [0, 0.05) is 6.42 Å². The summed E-state index contributed by atoms with van der Waals surface area (Å²) in [6.45, 7) is 0. The number of aromatic nitrogens is 1. The van der Waals surface area contributed by atoms with Crippen molar-refractivity contribution in [3.8, 4) is 5.75 Å². The molecule has 0 atom stereocenters. The molecule has 0 saturated carbocycles. The van der Waals surface area contributed by atoms with E-state index in [0.717, 1.165) is 11.3 Å². The second-order valence-electron chi connectivity index (χ2n) is 4.50. The van der Waals surface area contributed by atoms with E-state index in [4.69, 9.17) is 10.5 Å². The van der Waals surface area contributed by atoms with Crippen molar-refractivity contribution in [1.82, 2.24) is 4.98 Å². The largest absolute Gasteiger partial charge is 0.497 e. The van der Waals surface area contributed by atoms with Crippen molar-refractivity contribution in [2.24, 2.45) is 0 Å². The number of carbonyl (C=O) groups is 1. The molecule has 2 aromatic rings. The Morgan fingerprint density at radius 1 is 1.38 bits per heavy atom. The van der Waals surface area contributed by atoms with E-state index in [1.54, 1.807) is 13.2 Å². The van der Waals surface area contributed by atoms with Crippen LogP contribution in [0.2, 0.25) is 0 Å². The highest BCUT2D eigenvalue weighted by molar-refractivity contribution is 9.10. The van der Waals surface area contributed by atoms with Crippen LogP contribution in [0, 0.1) is 0 Å². The number of amides is 1. The fourth-order valence-corrected chi connectivity index (χ4v) is 2.26. The quantitative estimate of drug-likeness (QED) is 0.869. The third kappa shape index (κ3) is 4.46. The van der Waals surface area contributed by atoms with Gasteiger partial charge in [-0.25, -0.2) is 4.98 Å². The predicted molar refractivity (Wildman–Crippen MR) is 86.3 cm³/mol. The maximum atomic E-state index is 11.9. The smallest absolute Gasteiger partial charge is 0.225 e. The molecule has 1 heterocycles. The lowest BCUT2D eigenvalue weighted by Gasteiger charge is -2.07. The molecule has 0 radical (unpaired) electrons. The van der Waals surface area contributed by atoms with Crippen LogP contribution in [0.5, 0.6) is 5.75 Å². The van der Waals surface area contributed by atoms with Crippen LogP contribution < -0.4 is 15.8 Å². The molecule has 1 amide bonds. The highest BCUT2D eigenvalue weighted by Crippen LogP contribution is 2.22. The SMILES string of the molecule is COc1ccc(CCC(=O)Nc2ncc(N)cc2Br)cc1. The molecule has 21 heavy (non-hydrogen) atoms. The molecule has 1 aromatic heterocycles. The first-order valence-corrected chi connectivity index (χ1v) is 7.21. The minimum absolute atomic E-state index is 0.0937. The zero-order valence-corrected chi connectivity index (χ0v) is 13.2. The number of methoxy groups -OCH3 is 1. The Labute approximate surface area is 131 Å². The monoisotopic (exact) mass is 349 g/mol. The van der Waals surface area contributed by atoms with E-state index in [1.165, 1.54) is 6.20 Å². The fraction of sp³-hybridized carbons (Fsp3) is 0.200. The summed E-state index contributed by atoms with van der Waals surface area (Å²) < 4.78 is 5.76. The van der Waals surface area contributed by atoms with Gasteiger partial charge in [0.15, 0.2) is 0 Å². The van der Waals surface area contributed by atoms with Gasteiger partial charge in [0.2, 0.25) is 5.91 Å². The summed E-state index contributed by atoms with van der Waals surface area (Å²) in [5.74, 6) is 1.19. The average Bonchev–Trinajstić information content (AvgIpc) is 2.48. The van der Waals surface area contributed by atoms with Crippen molar-refractivity contribution < 1.29 is 9.53 Å². The van der Waals surface area contributed by atoms with Gasteiger partial charge < -0.3 is 15.8 Å². The number of nitrogens with zero attached hydrogens (tertiary/aromatic N) is 1. The molecule has 6 heteroatoms. The molecule has 0 bridgehead atoms. The van der Waals surface area contributed by atoms with Crippen molar-refractivity contribution >= 4 is 33.3 Å². The van der Waals surface area contributed by atoms with E-state index >= 15 is 0 Å². The summed E-state index contributed by atoms with van der Waals surface area (Å²) in [6, 6.07) is 9.36. The van der Waals surface area contributed by atoms with Gasteiger partial charge >= 0.3 is 0 Å². The molecule has 3 N–H and O–H groups in total. The van der Waals surface area contributed by atoms with E-state index in [0.29, 0.717) is 28.8 Å². The first-order valence-electron chi connectivity index (χ1n) is 6.42. The summed E-state index contributed by atoms with van der Waals surface area (Å²) in [4.78, 5) is 16.0. The first kappa shape index (κ1) is 15.3. The molecule has 0 aliphatic carbocycles. The molecule has 0 aliphatic rings. The van der Waals surface area contributed by atoms with Crippen LogP contribution in [0.15, 0.2) is 41.0 Å². The summed E-state index contributed by atoms with van der Waals surface area (Å²) in [7, 11) is 1.62. The molecule has 0 spiro atoms. The Morgan fingerprint density at radius 3 is 2.71 bits per heavy atom. The summed E-state index contributed by atoms with van der Waals surface area (Å²) >= 11 is 3.32. The summed E-state index contributed by atoms with van der Waals surface area (Å²) in [5, 5.41) is 2.75. The lowest BCUT2D eigenvalue weighted by molar-refractivity contribution is -0.116. The molecular formula is C15H16BrN3O2. The number of carbonyl (C=O) groups excluding carboxylic acids is 1. The van der Waals surface area contributed by atoms with E-state index in [2.05, 4.69) is 26.2 Å². The second kappa shape index (κ2) is 7.08. The van der Waals surface area contributed by atoms with Gasteiger partial charge in [-0.05, 0) is 46.1 Å². The zero-order valence-electron chi connectivity index (χ0n) is 11.6. The van der Waals surface area contributed by atoms with Crippen molar-refractivity contribution in [1.29, 1.82) is 0 Å². The Hall–Kier alpha value is -2.08. The van der Waals surface area contributed by atoms with Crippen molar-refractivity contribution in [3.05, 3.63) is 46.6 Å². The number of halogens is 1. The van der Waals surface area contributed by atoms with Gasteiger partial charge in [-0.3, -0.25) is 4.79 Å². The second-order valence-corrected chi connectivity index (χ2v) is 5.35. The topological polar surface area (TPSA) is 77.2 Å². The fourth-order valence-electron chi connectivity index (χ4n) is 1.79. The first-order chi connectivity index (χ1) is 10.1. The van der Waals surface area contributed by atoms with E-state index < -0.39 is 0 Å². The van der Waals surface area contributed by atoms with Gasteiger partial charge in [-0.15, -0.1) is 0 Å². The van der Waals surface area contributed by atoms with Crippen LogP contribution in [-0.4, -0.2) is 18.0 Å². The van der Waals surface area contributed by atoms with E-state index in [1.807, 2.05) is 24.3 Å². The number of pyridine rings is 1. The van der Waals surface area contributed by atoms with Crippen LogP contribution in [-0.2, 0) is 11.2 Å². The number of ether oxygens (including phenoxy) is 1. The number of aryl methyl sites for hydroxylation is 1. The number of benzene rings is 1. The number of nitrogens with one attached hydrogen (secondary N) is 1. The molecular weight excluding hydrogens is 334 g/mol. The van der Waals surface area contributed by atoms with Crippen molar-refractivity contribution in [2.75, 3.05) is 18.2 Å². The summed E-state index contributed by atoms with van der Waals surface area (Å²) in [6.07, 6.45) is 2.54.